The number of hydrogen-bond donors (Lipinski definition) is 3. The second-order valence-corrected chi connectivity index (χ2v) is 8.06. The number of amides is 1. The number of nitrogen functional groups attached to an aromatic ring is 1. The van der Waals surface area contributed by atoms with Gasteiger partial charge in [-0.2, -0.15) is 11.8 Å². The maximum Gasteiger partial charge on any atom is 0.293 e. The summed E-state index contributed by atoms with van der Waals surface area (Å²) in [7, 11) is 0. The molecule has 0 spiro atoms. The molecule has 0 saturated heterocycles. The minimum atomic E-state index is -0.386. The van der Waals surface area contributed by atoms with Crippen LogP contribution in [-0.2, 0) is 11.2 Å². The number of aromatic amines is 1. The van der Waals surface area contributed by atoms with E-state index >= 15 is 0 Å². The Hall–Kier alpha value is -2.54. The standard InChI is InChI=1S/C19H23N5OS/c1-19(2,3)13-9-21-16-14(13)15(20)23-17(24-16)18(25)22-12-7-5-11(6-8-12)10-26-4/h5-9H,10H2,1-4H3,(H,22,25)(H3,20,21,23,24). The first-order chi connectivity index (χ1) is 12.3. The van der Waals surface area contributed by atoms with Crippen LogP contribution >= 0.6 is 11.8 Å². The van der Waals surface area contributed by atoms with Gasteiger partial charge in [0.05, 0.1) is 5.39 Å². The van der Waals surface area contributed by atoms with Crippen molar-refractivity contribution in [3.05, 3.63) is 47.4 Å². The Morgan fingerprint density at radius 1 is 1.23 bits per heavy atom. The van der Waals surface area contributed by atoms with E-state index in [0.29, 0.717) is 17.2 Å². The maximum atomic E-state index is 12.5. The van der Waals surface area contributed by atoms with Gasteiger partial charge in [-0.25, -0.2) is 9.97 Å². The lowest BCUT2D eigenvalue weighted by molar-refractivity contribution is 0.101. The fourth-order valence-corrected chi connectivity index (χ4v) is 3.32. The molecule has 0 aliphatic rings. The monoisotopic (exact) mass is 369 g/mol. The number of rotatable bonds is 4. The van der Waals surface area contributed by atoms with Gasteiger partial charge in [-0.15, -0.1) is 0 Å². The highest BCUT2D eigenvalue weighted by atomic mass is 32.2. The number of benzene rings is 1. The molecule has 1 aromatic carbocycles. The fourth-order valence-electron chi connectivity index (χ4n) is 2.79. The predicted octanol–water partition coefficient (Wildman–Crippen LogP) is 3.95. The number of carbonyl (C=O) groups excluding carboxylic acids is 1. The highest BCUT2D eigenvalue weighted by Gasteiger charge is 2.23. The molecular formula is C19H23N5OS. The lowest BCUT2D eigenvalue weighted by Gasteiger charge is -2.17. The molecule has 0 unspecified atom stereocenters. The van der Waals surface area contributed by atoms with Crippen LogP contribution in [0.5, 0.6) is 0 Å². The van der Waals surface area contributed by atoms with Gasteiger partial charge in [-0.3, -0.25) is 4.79 Å². The second kappa shape index (κ2) is 6.99. The minimum absolute atomic E-state index is 0.0468. The van der Waals surface area contributed by atoms with Gasteiger partial charge in [-0.1, -0.05) is 32.9 Å². The van der Waals surface area contributed by atoms with Gasteiger partial charge in [0.15, 0.2) is 0 Å². The lowest BCUT2D eigenvalue weighted by Crippen LogP contribution is -2.17. The number of fused-ring (bicyclic) bond motifs is 1. The van der Waals surface area contributed by atoms with Gasteiger partial charge in [0.2, 0.25) is 5.82 Å². The van der Waals surface area contributed by atoms with E-state index < -0.39 is 0 Å². The van der Waals surface area contributed by atoms with E-state index in [9.17, 15) is 4.79 Å². The number of thioether (sulfide) groups is 1. The third-order valence-corrected chi connectivity index (χ3v) is 4.72. The van der Waals surface area contributed by atoms with Crippen LogP contribution in [0.4, 0.5) is 11.5 Å². The smallest absolute Gasteiger partial charge is 0.293 e. The fraction of sp³-hybridized carbons (Fsp3) is 0.316. The van der Waals surface area contributed by atoms with Crippen LogP contribution in [0.15, 0.2) is 30.5 Å². The third kappa shape index (κ3) is 3.67. The van der Waals surface area contributed by atoms with E-state index in [1.807, 2.05) is 30.5 Å². The van der Waals surface area contributed by atoms with Crippen molar-refractivity contribution in [1.82, 2.24) is 15.0 Å². The number of anilines is 2. The second-order valence-electron chi connectivity index (χ2n) is 7.19. The first kappa shape index (κ1) is 18.3. The Kier molecular flexibility index (Phi) is 4.91. The van der Waals surface area contributed by atoms with Gasteiger partial charge in [0.1, 0.15) is 11.5 Å². The first-order valence-electron chi connectivity index (χ1n) is 8.34. The molecule has 0 radical (unpaired) electrons. The molecule has 0 atom stereocenters. The zero-order chi connectivity index (χ0) is 18.9. The van der Waals surface area contributed by atoms with Gasteiger partial charge >= 0.3 is 0 Å². The Morgan fingerprint density at radius 3 is 2.54 bits per heavy atom. The molecule has 4 N–H and O–H groups in total. The average Bonchev–Trinajstić information content (AvgIpc) is 3.02. The minimum Gasteiger partial charge on any atom is -0.383 e. The zero-order valence-corrected chi connectivity index (χ0v) is 16.2. The van der Waals surface area contributed by atoms with E-state index in [2.05, 4.69) is 47.3 Å². The summed E-state index contributed by atoms with van der Waals surface area (Å²) in [6.45, 7) is 6.28. The summed E-state index contributed by atoms with van der Waals surface area (Å²) < 4.78 is 0. The van der Waals surface area contributed by atoms with Crippen LogP contribution in [0.1, 0.15) is 42.5 Å². The number of nitrogens with two attached hydrogens (primary N) is 1. The van der Waals surface area contributed by atoms with Crippen LogP contribution in [0.3, 0.4) is 0 Å². The molecule has 2 heterocycles. The van der Waals surface area contributed by atoms with Crippen LogP contribution in [-0.4, -0.2) is 27.1 Å². The van der Waals surface area contributed by atoms with E-state index in [1.165, 1.54) is 5.56 Å². The molecule has 3 aromatic rings. The van der Waals surface area contributed by atoms with Crippen molar-refractivity contribution < 1.29 is 4.79 Å². The average molecular weight is 369 g/mol. The predicted molar refractivity (Wildman–Crippen MR) is 109 cm³/mol. The Balaban J connectivity index is 1.87. The topological polar surface area (TPSA) is 96.7 Å². The van der Waals surface area contributed by atoms with E-state index in [1.54, 1.807) is 11.8 Å². The van der Waals surface area contributed by atoms with E-state index in [-0.39, 0.29) is 17.1 Å². The van der Waals surface area contributed by atoms with Gasteiger partial charge in [0, 0.05) is 17.6 Å². The van der Waals surface area contributed by atoms with Crippen LogP contribution < -0.4 is 11.1 Å². The van der Waals surface area contributed by atoms with E-state index in [4.69, 9.17) is 5.73 Å². The van der Waals surface area contributed by atoms with Crippen molar-refractivity contribution in [3.8, 4) is 0 Å². The van der Waals surface area contributed by atoms with Crippen LogP contribution in [0.2, 0.25) is 0 Å². The van der Waals surface area contributed by atoms with Crippen molar-refractivity contribution >= 4 is 40.2 Å². The molecule has 7 heteroatoms. The highest BCUT2D eigenvalue weighted by Crippen LogP contribution is 2.32. The number of nitrogens with one attached hydrogen (secondary N) is 2. The number of aromatic nitrogens is 3. The van der Waals surface area contributed by atoms with Crippen LogP contribution in [0, 0.1) is 0 Å². The molecule has 0 aliphatic carbocycles. The number of hydrogen-bond acceptors (Lipinski definition) is 5. The molecule has 1 amide bonds. The molecule has 136 valence electrons. The number of H-pyrrole nitrogens is 1. The lowest BCUT2D eigenvalue weighted by atomic mass is 9.87. The summed E-state index contributed by atoms with van der Waals surface area (Å²) >= 11 is 1.75. The Bertz CT molecular complexity index is 941. The first-order valence-corrected chi connectivity index (χ1v) is 9.73. The number of carbonyl (C=O) groups is 1. The summed E-state index contributed by atoms with van der Waals surface area (Å²) in [6, 6.07) is 7.73. The normalized spacial score (nSPS) is 11.7. The van der Waals surface area contributed by atoms with Crippen LogP contribution in [0.25, 0.3) is 11.0 Å². The van der Waals surface area contributed by atoms with Gasteiger partial charge in [-0.05, 0) is 34.9 Å². The molecule has 0 aliphatic heterocycles. The van der Waals surface area contributed by atoms with Crippen molar-refractivity contribution in [2.24, 2.45) is 0 Å². The van der Waals surface area contributed by atoms with E-state index in [0.717, 1.165) is 16.7 Å². The Labute approximate surface area is 157 Å². The maximum absolute atomic E-state index is 12.5. The Morgan fingerprint density at radius 2 is 1.92 bits per heavy atom. The highest BCUT2D eigenvalue weighted by molar-refractivity contribution is 7.97. The quantitative estimate of drug-likeness (QED) is 0.647. The SMILES string of the molecule is CSCc1ccc(NC(=O)c2nc(N)c3c(C(C)(C)C)c[nH]c3n2)cc1. The van der Waals surface area contributed by atoms with Gasteiger partial charge < -0.3 is 16.0 Å². The molecule has 0 saturated carbocycles. The summed E-state index contributed by atoms with van der Waals surface area (Å²) in [5.41, 5.74) is 9.54. The largest absolute Gasteiger partial charge is 0.383 e. The van der Waals surface area contributed by atoms with Crippen molar-refractivity contribution in [1.29, 1.82) is 0 Å². The molecule has 26 heavy (non-hydrogen) atoms. The third-order valence-electron chi connectivity index (χ3n) is 4.09. The molecule has 0 fully saturated rings. The molecule has 0 bridgehead atoms. The summed E-state index contributed by atoms with van der Waals surface area (Å²) in [5.74, 6) is 0.906. The zero-order valence-electron chi connectivity index (χ0n) is 15.4. The van der Waals surface area contributed by atoms with Crippen molar-refractivity contribution in [2.75, 3.05) is 17.3 Å². The summed E-state index contributed by atoms with van der Waals surface area (Å²) in [6.07, 6.45) is 3.93. The molecule has 2 aromatic heterocycles. The van der Waals surface area contributed by atoms with Crippen molar-refractivity contribution in [2.45, 2.75) is 31.9 Å². The molecular weight excluding hydrogens is 346 g/mol. The van der Waals surface area contributed by atoms with Crippen molar-refractivity contribution in [3.63, 3.8) is 0 Å². The summed E-state index contributed by atoms with van der Waals surface area (Å²) in [4.78, 5) is 24.2. The molecule has 6 nitrogen and oxygen atoms in total. The molecule has 3 rings (SSSR count). The van der Waals surface area contributed by atoms with Gasteiger partial charge in [0.25, 0.3) is 5.91 Å². The summed E-state index contributed by atoms with van der Waals surface area (Å²) in [5, 5.41) is 3.59. The number of nitrogens with zero attached hydrogens (tertiary/aromatic N) is 2.